The molecule has 0 amide bonds. The summed E-state index contributed by atoms with van der Waals surface area (Å²) in [5.74, 6) is 1.59. The number of hydrogen-bond donors (Lipinski definition) is 1. The van der Waals surface area contributed by atoms with Crippen molar-refractivity contribution in [2.45, 2.75) is 46.1 Å². The number of benzene rings is 1. The number of sulfone groups is 1. The van der Waals surface area contributed by atoms with Crippen LogP contribution in [0.25, 0.3) is 0 Å². The molecule has 2 atom stereocenters. The van der Waals surface area contributed by atoms with Crippen molar-refractivity contribution in [2.75, 3.05) is 18.1 Å². The number of aryl methyl sites for hydroxylation is 1. The van der Waals surface area contributed by atoms with Crippen molar-refractivity contribution in [1.82, 2.24) is 5.32 Å². The highest BCUT2D eigenvalue weighted by atomic mass is 32.2. The summed E-state index contributed by atoms with van der Waals surface area (Å²) < 4.78 is 23.6. The van der Waals surface area contributed by atoms with Crippen molar-refractivity contribution in [2.24, 2.45) is 11.8 Å². The molecule has 124 valence electrons. The molecule has 1 N–H and O–H groups in total. The van der Waals surface area contributed by atoms with Gasteiger partial charge in [0, 0.05) is 6.04 Å². The van der Waals surface area contributed by atoms with E-state index in [0.29, 0.717) is 23.5 Å². The SMILES string of the molecule is Cc1ccccc1C(CC(C)C)NCC1CCCS(=O)(=O)C1. The van der Waals surface area contributed by atoms with E-state index >= 15 is 0 Å². The Hall–Kier alpha value is -0.870. The zero-order valence-corrected chi connectivity index (χ0v) is 14.8. The quantitative estimate of drug-likeness (QED) is 0.871. The molecule has 1 aliphatic heterocycles. The van der Waals surface area contributed by atoms with E-state index in [9.17, 15) is 8.42 Å². The standard InChI is InChI=1S/C18H29NO2S/c1-14(2)11-18(17-9-5-4-7-15(17)3)19-12-16-8-6-10-22(20,21)13-16/h4-5,7,9,14,16,18-19H,6,8,10-13H2,1-3H3. The van der Waals surface area contributed by atoms with E-state index in [1.807, 2.05) is 0 Å². The second-order valence-electron chi connectivity index (χ2n) is 7.07. The van der Waals surface area contributed by atoms with Crippen LogP contribution in [-0.2, 0) is 9.84 Å². The first-order chi connectivity index (χ1) is 10.4. The minimum Gasteiger partial charge on any atom is -0.310 e. The third kappa shape index (κ3) is 5.10. The number of rotatable bonds is 6. The van der Waals surface area contributed by atoms with Gasteiger partial charge in [0.15, 0.2) is 9.84 Å². The lowest BCUT2D eigenvalue weighted by molar-refractivity contribution is 0.379. The highest BCUT2D eigenvalue weighted by Crippen LogP contribution is 2.25. The molecule has 1 aliphatic rings. The molecule has 0 bridgehead atoms. The summed E-state index contributed by atoms with van der Waals surface area (Å²) in [5.41, 5.74) is 2.65. The third-order valence-corrected chi connectivity index (χ3v) is 6.37. The van der Waals surface area contributed by atoms with Crippen LogP contribution in [0.5, 0.6) is 0 Å². The summed E-state index contributed by atoms with van der Waals surface area (Å²) in [6, 6.07) is 8.80. The molecule has 1 saturated heterocycles. The zero-order chi connectivity index (χ0) is 16.2. The fourth-order valence-corrected chi connectivity index (χ4v) is 5.13. The molecule has 1 aromatic carbocycles. The van der Waals surface area contributed by atoms with Crippen molar-refractivity contribution in [3.63, 3.8) is 0 Å². The summed E-state index contributed by atoms with van der Waals surface area (Å²) in [7, 11) is -2.82. The number of hydrogen-bond acceptors (Lipinski definition) is 3. The van der Waals surface area contributed by atoms with Gasteiger partial charge in [0.05, 0.1) is 11.5 Å². The molecule has 4 heteroatoms. The van der Waals surface area contributed by atoms with Crippen LogP contribution in [0.4, 0.5) is 0 Å². The second-order valence-corrected chi connectivity index (χ2v) is 9.30. The molecular formula is C18H29NO2S. The minimum atomic E-state index is -2.82. The van der Waals surface area contributed by atoms with Crippen LogP contribution in [0.1, 0.15) is 50.3 Å². The molecule has 0 spiro atoms. The predicted octanol–water partition coefficient (Wildman–Crippen LogP) is 3.50. The fourth-order valence-electron chi connectivity index (χ4n) is 3.36. The van der Waals surface area contributed by atoms with E-state index in [1.54, 1.807) is 0 Å². The highest BCUT2D eigenvalue weighted by Gasteiger charge is 2.25. The molecule has 2 unspecified atom stereocenters. The molecule has 1 aromatic rings. The van der Waals surface area contributed by atoms with Gasteiger partial charge < -0.3 is 5.32 Å². The van der Waals surface area contributed by atoms with Crippen molar-refractivity contribution in [1.29, 1.82) is 0 Å². The van der Waals surface area contributed by atoms with Crippen LogP contribution in [0.2, 0.25) is 0 Å². The largest absolute Gasteiger partial charge is 0.310 e. The first kappa shape index (κ1) is 17.5. The highest BCUT2D eigenvalue weighted by molar-refractivity contribution is 7.91. The van der Waals surface area contributed by atoms with Gasteiger partial charge in [-0.1, -0.05) is 38.1 Å². The average Bonchev–Trinajstić information content (AvgIpc) is 2.43. The van der Waals surface area contributed by atoms with Crippen LogP contribution in [-0.4, -0.2) is 26.5 Å². The Morgan fingerprint density at radius 1 is 1.27 bits per heavy atom. The fraction of sp³-hybridized carbons (Fsp3) is 0.667. The van der Waals surface area contributed by atoms with Gasteiger partial charge in [-0.3, -0.25) is 0 Å². The monoisotopic (exact) mass is 323 g/mol. The topological polar surface area (TPSA) is 46.2 Å². The first-order valence-corrected chi connectivity index (χ1v) is 10.2. The van der Waals surface area contributed by atoms with Gasteiger partial charge in [-0.25, -0.2) is 8.42 Å². The maximum Gasteiger partial charge on any atom is 0.150 e. The molecule has 0 saturated carbocycles. The lowest BCUT2D eigenvalue weighted by atomic mass is 9.93. The Kier molecular flexibility index (Phi) is 6.04. The van der Waals surface area contributed by atoms with Crippen LogP contribution in [0.15, 0.2) is 24.3 Å². The molecule has 0 aromatic heterocycles. The summed E-state index contributed by atoms with van der Waals surface area (Å²) in [4.78, 5) is 0. The molecule has 1 heterocycles. The predicted molar refractivity (Wildman–Crippen MR) is 92.8 cm³/mol. The summed E-state index contributed by atoms with van der Waals surface area (Å²) in [6.07, 6.45) is 2.91. The lowest BCUT2D eigenvalue weighted by Gasteiger charge is -2.27. The lowest BCUT2D eigenvalue weighted by Crippen LogP contribution is -2.35. The first-order valence-electron chi connectivity index (χ1n) is 8.36. The van der Waals surface area contributed by atoms with Crippen LogP contribution in [0.3, 0.4) is 0 Å². The molecule has 0 radical (unpaired) electrons. The summed E-state index contributed by atoms with van der Waals surface area (Å²) in [5, 5.41) is 3.65. The van der Waals surface area contributed by atoms with E-state index < -0.39 is 9.84 Å². The van der Waals surface area contributed by atoms with Crippen molar-refractivity contribution >= 4 is 9.84 Å². The van der Waals surface area contributed by atoms with E-state index in [-0.39, 0.29) is 5.92 Å². The third-order valence-electron chi connectivity index (χ3n) is 4.48. The van der Waals surface area contributed by atoms with Crippen LogP contribution >= 0.6 is 0 Å². The van der Waals surface area contributed by atoms with Crippen molar-refractivity contribution in [3.05, 3.63) is 35.4 Å². The zero-order valence-electron chi connectivity index (χ0n) is 14.0. The van der Waals surface area contributed by atoms with Gasteiger partial charge in [0.2, 0.25) is 0 Å². The normalized spacial score (nSPS) is 22.6. The number of nitrogens with one attached hydrogen (secondary N) is 1. The Bertz CT molecular complexity index is 581. The van der Waals surface area contributed by atoms with E-state index in [1.165, 1.54) is 11.1 Å². The Morgan fingerprint density at radius 3 is 2.64 bits per heavy atom. The molecule has 2 rings (SSSR count). The van der Waals surface area contributed by atoms with Crippen LogP contribution < -0.4 is 5.32 Å². The average molecular weight is 324 g/mol. The van der Waals surface area contributed by atoms with Gasteiger partial charge in [-0.15, -0.1) is 0 Å². The Balaban J connectivity index is 2.03. The van der Waals surface area contributed by atoms with Gasteiger partial charge in [-0.2, -0.15) is 0 Å². The molecule has 1 fully saturated rings. The van der Waals surface area contributed by atoms with Crippen molar-refractivity contribution < 1.29 is 8.42 Å². The minimum absolute atomic E-state index is 0.262. The van der Waals surface area contributed by atoms with E-state index in [0.717, 1.165) is 25.8 Å². The Morgan fingerprint density at radius 2 is 2.00 bits per heavy atom. The van der Waals surface area contributed by atoms with Crippen LogP contribution in [0, 0.1) is 18.8 Å². The molecular weight excluding hydrogens is 294 g/mol. The van der Waals surface area contributed by atoms with Gasteiger partial charge >= 0.3 is 0 Å². The summed E-state index contributed by atoms with van der Waals surface area (Å²) in [6.45, 7) is 7.41. The second kappa shape index (κ2) is 7.60. The van der Waals surface area contributed by atoms with Gasteiger partial charge in [-0.05, 0) is 55.7 Å². The molecule has 22 heavy (non-hydrogen) atoms. The molecule has 0 aliphatic carbocycles. The Labute approximate surface area is 135 Å². The van der Waals surface area contributed by atoms with Gasteiger partial charge in [0.25, 0.3) is 0 Å². The summed E-state index contributed by atoms with van der Waals surface area (Å²) >= 11 is 0. The van der Waals surface area contributed by atoms with E-state index in [2.05, 4.69) is 50.4 Å². The van der Waals surface area contributed by atoms with E-state index in [4.69, 9.17) is 0 Å². The molecule has 3 nitrogen and oxygen atoms in total. The van der Waals surface area contributed by atoms with Crippen molar-refractivity contribution in [3.8, 4) is 0 Å². The smallest absolute Gasteiger partial charge is 0.150 e. The maximum atomic E-state index is 11.8. The van der Waals surface area contributed by atoms with Gasteiger partial charge in [0.1, 0.15) is 0 Å². The maximum absolute atomic E-state index is 11.8.